The molecule has 0 aliphatic heterocycles. The van der Waals surface area contributed by atoms with E-state index >= 15 is 0 Å². The first-order chi connectivity index (χ1) is 45.7. The summed E-state index contributed by atoms with van der Waals surface area (Å²) in [5.74, 6) is -4.72. The minimum Gasteiger partial charge on any atom is -0.743 e. The van der Waals surface area contributed by atoms with E-state index in [-0.39, 0.29) is 30.3 Å². The Hall–Kier alpha value is -3.36. The van der Waals surface area contributed by atoms with Gasteiger partial charge in [0.1, 0.15) is 26.4 Å². The van der Waals surface area contributed by atoms with E-state index in [4.69, 9.17) is 34.3 Å². The van der Waals surface area contributed by atoms with E-state index in [9.17, 15) is 111 Å². The quantitative estimate of drug-likeness (QED) is 0.0206. The predicted molar refractivity (Wildman–Crippen MR) is 342 cm³/mol. The maximum Gasteiger partial charge on any atom is 0.370 e. The number of hydrogen-bond acceptors (Lipinski definition) is 28. The molecule has 0 bridgehead atoms. The van der Waals surface area contributed by atoms with Crippen molar-refractivity contribution in [2.24, 2.45) is 5.92 Å². The summed E-state index contributed by atoms with van der Waals surface area (Å²) in [4.78, 5) is 45.0. The van der Waals surface area contributed by atoms with Crippen molar-refractivity contribution in [3.05, 3.63) is 0 Å². The monoisotopic (exact) mass is 1570 g/mol. The van der Waals surface area contributed by atoms with E-state index in [1.54, 1.807) is 0 Å². The van der Waals surface area contributed by atoms with Crippen LogP contribution >= 0.6 is 0 Å². The van der Waals surface area contributed by atoms with Crippen LogP contribution in [0.5, 0.6) is 0 Å². The molecule has 4 saturated carbocycles. The molecular weight excluding hydrogens is 1460 g/mol. The number of halogens is 8. The van der Waals surface area contributed by atoms with Gasteiger partial charge in [0.25, 0.3) is 0 Å². The Bertz CT molecular complexity index is 2830. The van der Waals surface area contributed by atoms with Crippen LogP contribution in [-0.4, -0.2) is 215 Å². The summed E-state index contributed by atoms with van der Waals surface area (Å²) in [6.45, 7) is 21.4. The van der Waals surface area contributed by atoms with Crippen LogP contribution < -0.4 is 0 Å². The molecule has 0 amide bonds. The number of carbonyl (C=O) groups excluding carboxylic acids is 4. The largest absolute Gasteiger partial charge is 0.743 e. The first kappa shape index (κ1) is 102. The van der Waals surface area contributed by atoms with Gasteiger partial charge in [-0.05, 0) is 151 Å². The minimum absolute atomic E-state index is 0.0865. The highest BCUT2D eigenvalue weighted by Gasteiger charge is 2.53. The lowest BCUT2D eigenvalue weighted by molar-refractivity contribution is -0.168. The topological polar surface area (TPSA) is 452 Å². The smallest absolute Gasteiger partial charge is 0.370 e. The molecule has 4 aliphatic carbocycles. The summed E-state index contributed by atoms with van der Waals surface area (Å²) in [5.41, 5.74) is -2.15. The van der Waals surface area contributed by atoms with Gasteiger partial charge in [-0.1, -0.05) is 87.5 Å². The number of ether oxygens (including phenoxy) is 8. The molecule has 0 aromatic rings. The van der Waals surface area contributed by atoms with Crippen molar-refractivity contribution >= 4 is 64.3 Å². The molecule has 0 heterocycles. The van der Waals surface area contributed by atoms with E-state index in [1.807, 2.05) is 76.2 Å². The summed E-state index contributed by atoms with van der Waals surface area (Å²) in [6, 6.07) is 0. The number of aliphatic hydroxyl groups is 4. The summed E-state index contributed by atoms with van der Waals surface area (Å²) in [6.07, 6.45) is 7.19. The van der Waals surface area contributed by atoms with Crippen LogP contribution in [0.4, 0.5) is 35.1 Å². The van der Waals surface area contributed by atoms with Crippen LogP contribution in [0, 0.1) is 5.92 Å². The molecule has 0 spiro atoms. The molecule has 40 heteroatoms. The summed E-state index contributed by atoms with van der Waals surface area (Å²) < 4.78 is 266. The van der Waals surface area contributed by atoms with Gasteiger partial charge in [-0.3, -0.25) is 0 Å². The van der Waals surface area contributed by atoms with Crippen LogP contribution in [0.2, 0.25) is 0 Å². The van der Waals surface area contributed by atoms with Crippen molar-refractivity contribution in [2.75, 3.05) is 26.4 Å². The molecule has 0 aromatic heterocycles. The van der Waals surface area contributed by atoms with E-state index in [1.165, 1.54) is 0 Å². The number of hydrogen-bond donors (Lipinski definition) is 4. The van der Waals surface area contributed by atoms with Crippen LogP contribution in [0.25, 0.3) is 0 Å². The molecule has 0 radical (unpaired) electrons. The Morgan fingerprint density at radius 1 is 0.366 bits per heavy atom. The van der Waals surface area contributed by atoms with Crippen molar-refractivity contribution < 1.29 is 165 Å². The van der Waals surface area contributed by atoms with Gasteiger partial charge >= 0.3 is 44.9 Å². The van der Waals surface area contributed by atoms with Crippen molar-refractivity contribution in [1.29, 1.82) is 0 Å². The first-order valence-corrected chi connectivity index (χ1v) is 38.8. The van der Waals surface area contributed by atoms with Crippen LogP contribution in [0.1, 0.15) is 239 Å². The van der Waals surface area contributed by atoms with Crippen LogP contribution in [0.15, 0.2) is 0 Å². The van der Waals surface area contributed by atoms with Crippen molar-refractivity contribution in [2.45, 2.75) is 331 Å². The molecule has 6 unspecified atom stereocenters. The molecule has 604 valence electrons. The standard InChI is InChI=1S/C13H22F2O7S.C11H18F2O6S.C10H16F2O6S.C9H14F2O6S.3C6H14O/c1-4-12(17,5-2)9-6-10(9)21-7-11(16)22-8(3)13(14,15)23(18,19)20;1-8(11(12,13)20(15,16)17)19-10(14)7-18-9-5-3-2-4-6-9;1-7(10(11,12)19(14,15)16)18-9(13)6-17-8-4-2-3-5-8;1-6(9(10,11)18(13,14)15)17-8(12)5-16-7-3-2-4-7;3*1-4-6(3,7)5-2/h8-10,17H,4-7H2,1-3H3,(H,18,19,20);8-9H,2-7H2,1H3,(H,15,16,17);7-8H,2-6H2,1H3,(H,14,15,16);6-7H,2-5H2,1H3,(H,13,14,15);3*7H,4-5H2,1-3H3/p-4. The molecule has 6 atom stereocenters. The number of rotatable bonds is 33. The second-order valence-electron chi connectivity index (χ2n) is 25.4. The van der Waals surface area contributed by atoms with E-state index in [2.05, 4.69) is 18.9 Å². The molecule has 0 aromatic carbocycles. The Labute approximate surface area is 589 Å². The van der Waals surface area contributed by atoms with Gasteiger partial charge in [0.05, 0.1) is 46.8 Å². The second-order valence-corrected chi connectivity index (χ2v) is 31.2. The van der Waals surface area contributed by atoms with Crippen molar-refractivity contribution in [3.8, 4) is 0 Å². The van der Waals surface area contributed by atoms with Crippen LogP contribution in [0.3, 0.4) is 0 Å². The molecule has 4 fully saturated rings. The fourth-order valence-corrected chi connectivity index (χ4v) is 9.83. The first-order valence-electron chi connectivity index (χ1n) is 33.1. The third-order valence-corrected chi connectivity index (χ3v) is 21.3. The van der Waals surface area contributed by atoms with Gasteiger partial charge in [-0.25, -0.2) is 52.8 Å². The Morgan fingerprint density at radius 3 is 0.733 bits per heavy atom. The third-order valence-electron chi connectivity index (χ3n) is 17.3. The average Bonchev–Trinajstić information content (AvgIpc) is 1.66. The van der Waals surface area contributed by atoms with Gasteiger partial charge in [0.15, 0.2) is 64.9 Å². The summed E-state index contributed by atoms with van der Waals surface area (Å²) >= 11 is 0. The van der Waals surface area contributed by atoms with Gasteiger partial charge in [0, 0.05) is 5.92 Å². The lowest BCUT2D eigenvalue weighted by Gasteiger charge is -2.27. The zero-order chi connectivity index (χ0) is 79.8. The molecule has 4 aliphatic rings. The van der Waals surface area contributed by atoms with E-state index in [0.29, 0.717) is 47.0 Å². The summed E-state index contributed by atoms with van der Waals surface area (Å²) in [7, 11) is -23.6. The molecule has 0 saturated heterocycles. The highest BCUT2D eigenvalue weighted by Crippen LogP contribution is 2.46. The fraction of sp³-hybridized carbons (Fsp3) is 0.934. The molecule has 4 rings (SSSR count). The highest BCUT2D eigenvalue weighted by molar-refractivity contribution is 7.87. The Morgan fingerprint density at radius 2 is 0.564 bits per heavy atom. The lowest BCUT2D eigenvalue weighted by atomic mass is 9.91. The van der Waals surface area contributed by atoms with E-state index in [0.717, 1.165) is 116 Å². The lowest BCUT2D eigenvalue weighted by Crippen LogP contribution is -2.42. The Balaban J connectivity index is -0.00000116. The molecule has 28 nitrogen and oxygen atoms in total. The van der Waals surface area contributed by atoms with Crippen molar-refractivity contribution in [1.82, 2.24) is 0 Å². The fourth-order valence-electron chi connectivity index (χ4n) is 8.01. The zero-order valence-electron chi connectivity index (χ0n) is 60.1. The maximum absolute atomic E-state index is 13.2. The molecule has 101 heavy (non-hydrogen) atoms. The van der Waals surface area contributed by atoms with E-state index < -0.39 is 159 Å². The van der Waals surface area contributed by atoms with Gasteiger partial charge in [-0.2, -0.15) is 35.1 Å². The SMILES string of the molecule is CC(OC(=O)COC1CCC1)C(F)(F)S(=O)(=O)[O-].CC(OC(=O)COC1CCCC1)C(F)(F)S(=O)(=O)[O-].CC(OC(=O)COC1CCCCC1)C(F)(F)S(=O)(=O)[O-].CCC(C)(O)CC.CCC(C)(O)CC.CCC(C)(O)CC.CCC(O)(CC)C1CC1OCC(=O)OC(C)C(F)(F)S(=O)(=O)[O-]. The van der Waals surface area contributed by atoms with Crippen molar-refractivity contribution in [3.63, 3.8) is 0 Å². The normalized spacial score (nSPS) is 18.8. The average molecular weight is 1570 g/mol. The minimum atomic E-state index is -5.94. The number of alkyl halides is 8. The Kier molecular flexibility index (Phi) is 45.0. The number of carbonyl (C=O) groups is 4. The predicted octanol–water partition coefficient (Wildman–Crippen LogP) is 8.73. The molecular formula is C61H108F8O28S4-4. The maximum atomic E-state index is 13.2. The van der Waals surface area contributed by atoms with Crippen LogP contribution in [-0.2, 0) is 97.5 Å². The van der Waals surface area contributed by atoms with Gasteiger partial charge in [-0.15, -0.1) is 0 Å². The zero-order valence-corrected chi connectivity index (χ0v) is 63.4. The second kappa shape index (κ2) is 44.7. The number of esters is 4. The summed E-state index contributed by atoms with van der Waals surface area (Å²) in [5, 5.41) is 19.0. The molecule has 4 N–H and O–H groups in total. The van der Waals surface area contributed by atoms with Gasteiger partial charge in [0.2, 0.25) is 0 Å². The van der Waals surface area contributed by atoms with Gasteiger partial charge < -0.3 is 76.5 Å². The third kappa shape index (κ3) is 38.7. The highest BCUT2D eigenvalue weighted by atomic mass is 32.2.